The molecule has 0 spiro atoms. The summed E-state index contributed by atoms with van der Waals surface area (Å²) in [5, 5.41) is 2.54. The van der Waals surface area contributed by atoms with E-state index in [0.717, 1.165) is 33.4 Å². The fraction of sp³-hybridized carbons (Fsp3) is 0. The van der Waals surface area contributed by atoms with Gasteiger partial charge in [-0.3, -0.25) is 0 Å². The summed E-state index contributed by atoms with van der Waals surface area (Å²) in [6.45, 7) is 0. The smallest absolute Gasteiger partial charge is 0.172 e. The lowest BCUT2D eigenvalue weighted by Crippen LogP contribution is -2.11. The SMILES string of the molecule is Clc1cc(N(c2ccc3c(c2)Oc2ccccc2O3)c2ccc3c(c2)Sc2ccccc2S3)cc2c1oc1ccccc12. The first-order valence-electron chi connectivity index (χ1n) is 13.8. The van der Waals surface area contributed by atoms with Gasteiger partial charge in [-0.15, -0.1) is 0 Å². The van der Waals surface area contributed by atoms with Crippen LogP contribution in [0.1, 0.15) is 0 Å². The number of fused-ring (bicyclic) bond motifs is 7. The van der Waals surface area contributed by atoms with Gasteiger partial charge in [-0.2, -0.15) is 0 Å². The number of rotatable bonds is 3. The Morgan fingerprint density at radius 3 is 1.95 bits per heavy atom. The van der Waals surface area contributed by atoms with Gasteiger partial charge in [0.15, 0.2) is 28.6 Å². The van der Waals surface area contributed by atoms with Crippen molar-refractivity contribution in [3.8, 4) is 23.0 Å². The molecule has 4 nitrogen and oxygen atoms in total. The minimum atomic E-state index is 0.553. The molecule has 0 saturated carbocycles. The van der Waals surface area contributed by atoms with Gasteiger partial charge in [-0.1, -0.05) is 77.6 Å². The first-order chi connectivity index (χ1) is 21.2. The van der Waals surface area contributed by atoms with E-state index in [2.05, 4.69) is 65.6 Å². The Morgan fingerprint density at radius 1 is 0.488 bits per heavy atom. The molecule has 0 amide bonds. The molecule has 3 heterocycles. The van der Waals surface area contributed by atoms with E-state index in [1.165, 1.54) is 19.6 Å². The predicted octanol–water partition coefficient (Wildman–Crippen LogP) is 12.2. The topological polar surface area (TPSA) is 34.8 Å². The van der Waals surface area contributed by atoms with Crippen molar-refractivity contribution in [1.82, 2.24) is 0 Å². The molecule has 6 aromatic carbocycles. The third kappa shape index (κ3) is 4.17. The van der Waals surface area contributed by atoms with Crippen LogP contribution in [0.5, 0.6) is 23.0 Å². The molecule has 2 aliphatic rings. The lowest BCUT2D eigenvalue weighted by atomic mass is 10.1. The highest BCUT2D eigenvalue weighted by Crippen LogP contribution is 2.52. The second-order valence-electron chi connectivity index (χ2n) is 10.3. The summed E-state index contributed by atoms with van der Waals surface area (Å²) in [5.74, 6) is 2.71. The van der Waals surface area contributed by atoms with Crippen molar-refractivity contribution in [2.75, 3.05) is 4.90 Å². The second-order valence-corrected chi connectivity index (χ2v) is 12.9. The lowest BCUT2D eigenvalue weighted by Gasteiger charge is -2.29. The van der Waals surface area contributed by atoms with Crippen molar-refractivity contribution in [3.63, 3.8) is 0 Å². The van der Waals surface area contributed by atoms with Crippen LogP contribution in [-0.2, 0) is 0 Å². The van der Waals surface area contributed by atoms with Gasteiger partial charge in [0.25, 0.3) is 0 Å². The van der Waals surface area contributed by atoms with Crippen LogP contribution in [0.3, 0.4) is 0 Å². The monoisotopic (exact) mass is 613 g/mol. The highest BCUT2D eigenvalue weighted by atomic mass is 35.5. The number of furan rings is 1. The zero-order valence-corrected chi connectivity index (χ0v) is 24.8. The Bertz CT molecular complexity index is 2150. The quantitative estimate of drug-likeness (QED) is 0.197. The van der Waals surface area contributed by atoms with Crippen molar-refractivity contribution < 1.29 is 13.9 Å². The number of hydrogen-bond acceptors (Lipinski definition) is 6. The van der Waals surface area contributed by atoms with Crippen LogP contribution < -0.4 is 14.4 Å². The van der Waals surface area contributed by atoms with Gasteiger partial charge in [-0.25, -0.2) is 0 Å². The fourth-order valence-electron chi connectivity index (χ4n) is 5.66. The second kappa shape index (κ2) is 9.78. The fourth-order valence-corrected chi connectivity index (χ4v) is 8.16. The molecule has 2 aliphatic heterocycles. The highest BCUT2D eigenvalue weighted by Gasteiger charge is 2.24. The molecule has 0 saturated heterocycles. The van der Waals surface area contributed by atoms with E-state index < -0.39 is 0 Å². The van der Waals surface area contributed by atoms with E-state index in [1.54, 1.807) is 23.5 Å². The average molecular weight is 614 g/mol. The maximum atomic E-state index is 6.92. The molecule has 0 aliphatic carbocycles. The number of halogens is 1. The summed E-state index contributed by atoms with van der Waals surface area (Å²) in [7, 11) is 0. The van der Waals surface area contributed by atoms with Gasteiger partial charge in [0.1, 0.15) is 5.58 Å². The van der Waals surface area contributed by atoms with E-state index in [9.17, 15) is 0 Å². The number of ether oxygens (including phenoxy) is 2. The lowest BCUT2D eigenvalue weighted by molar-refractivity contribution is 0.360. The van der Waals surface area contributed by atoms with E-state index in [4.69, 9.17) is 25.5 Å². The molecular weight excluding hydrogens is 594 g/mol. The Labute approximate surface area is 260 Å². The minimum Gasteiger partial charge on any atom is -0.454 e. The van der Waals surface area contributed by atoms with Crippen LogP contribution in [0.15, 0.2) is 145 Å². The van der Waals surface area contributed by atoms with Gasteiger partial charge in [0, 0.05) is 47.8 Å². The first-order valence-corrected chi connectivity index (χ1v) is 15.8. The number of anilines is 3. The van der Waals surface area contributed by atoms with E-state index in [1.807, 2.05) is 60.7 Å². The molecule has 0 N–H and O–H groups in total. The summed E-state index contributed by atoms with van der Waals surface area (Å²) in [6.07, 6.45) is 0. The molecule has 0 atom stereocenters. The van der Waals surface area contributed by atoms with Crippen LogP contribution in [0.25, 0.3) is 21.9 Å². The van der Waals surface area contributed by atoms with Gasteiger partial charge >= 0.3 is 0 Å². The van der Waals surface area contributed by atoms with Gasteiger partial charge in [0.2, 0.25) is 0 Å². The molecule has 1 aromatic heterocycles. The van der Waals surface area contributed by atoms with Crippen LogP contribution >= 0.6 is 35.1 Å². The number of para-hydroxylation sites is 3. The molecule has 0 radical (unpaired) electrons. The zero-order chi connectivity index (χ0) is 28.5. The molecule has 206 valence electrons. The normalized spacial score (nSPS) is 13.0. The summed E-state index contributed by atoms with van der Waals surface area (Å²) >= 11 is 10.5. The van der Waals surface area contributed by atoms with E-state index >= 15 is 0 Å². The van der Waals surface area contributed by atoms with Gasteiger partial charge in [0.05, 0.1) is 10.7 Å². The summed E-state index contributed by atoms with van der Waals surface area (Å²) in [4.78, 5) is 7.19. The van der Waals surface area contributed by atoms with Crippen molar-refractivity contribution in [3.05, 3.63) is 126 Å². The molecule has 0 bridgehead atoms. The van der Waals surface area contributed by atoms with E-state index in [0.29, 0.717) is 33.6 Å². The Morgan fingerprint density at radius 2 is 1.12 bits per heavy atom. The summed E-state index contributed by atoms with van der Waals surface area (Å²) < 4.78 is 18.6. The van der Waals surface area contributed by atoms with E-state index in [-0.39, 0.29) is 0 Å². The predicted molar refractivity (Wildman–Crippen MR) is 175 cm³/mol. The number of hydrogen-bond donors (Lipinski definition) is 0. The molecule has 43 heavy (non-hydrogen) atoms. The number of benzene rings is 6. The molecule has 0 unspecified atom stereocenters. The van der Waals surface area contributed by atoms with Gasteiger partial charge in [-0.05, 0) is 72.8 Å². The summed E-state index contributed by atoms with van der Waals surface area (Å²) in [5.41, 5.74) is 4.32. The maximum absolute atomic E-state index is 6.92. The standard InChI is InChI=1S/C36H20ClNO3S2/c37-26-18-23(17-25-24-7-1-2-8-27(24)41-36(25)26)38(21-13-15-30-31(19-21)40-29-10-4-3-9-28(29)39-30)22-14-16-34-35(20-22)43-33-12-6-5-11-32(33)42-34/h1-20H. The highest BCUT2D eigenvalue weighted by molar-refractivity contribution is 8.05. The molecular formula is C36H20ClNO3S2. The molecule has 7 heteroatoms. The van der Waals surface area contributed by atoms with Crippen LogP contribution in [0.4, 0.5) is 17.1 Å². The van der Waals surface area contributed by atoms with Crippen molar-refractivity contribution in [1.29, 1.82) is 0 Å². The molecule has 7 aromatic rings. The van der Waals surface area contributed by atoms with Gasteiger partial charge < -0.3 is 18.8 Å². The Kier molecular flexibility index (Phi) is 5.70. The van der Waals surface area contributed by atoms with Crippen molar-refractivity contribution in [2.45, 2.75) is 19.6 Å². The van der Waals surface area contributed by atoms with Crippen molar-refractivity contribution >= 4 is 74.1 Å². The Balaban J connectivity index is 1.22. The maximum Gasteiger partial charge on any atom is 0.172 e. The average Bonchev–Trinajstić information content (AvgIpc) is 3.42. The Hall–Kier alpha value is -4.49. The third-order valence-corrected chi connectivity index (χ3v) is 10.4. The van der Waals surface area contributed by atoms with Crippen molar-refractivity contribution in [2.24, 2.45) is 0 Å². The number of nitrogens with zero attached hydrogens (tertiary/aromatic N) is 1. The molecule has 0 fully saturated rings. The largest absolute Gasteiger partial charge is 0.454 e. The molecule has 9 rings (SSSR count). The zero-order valence-electron chi connectivity index (χ0n) is 22.4. The first kappa shape index (κ1) is 25.0. The summed E-state index contributed by atoms with van der Waals surface area (Å²) in [6, 6.07) is 41.0. The third-order valence-electron chi connectivity index (χ3n) is 7.62. The van der Waals surface area contributed by atoms with Crippen LogP contribution in [0, 0.1) is 0 Å². The minimum absolute atomic E-state index is 0.553. The van der Waals surface area contributed by atoms with Crippen LogP contribution in [0.2, 0.25) is 5.02 Å². The van der Waals surface area contributed by atoms with Crippen LogP contribution in [-0.4, -0.2) is 0 Å².